The van der Waals surface area contributed by atoms with Crippen molar-refractivity contribution in [1.82, 2.24) is 5.32 Å². The first kappa shape index (κ1) is 60.3. The summed E-state index contributed by atoms with van der Waals surface area (Å²) in [6.45, 7) is 6.40. The lowest BCUT2D eigenvalue weighted by molar-refractivity contribution is -0.151. The molecule has 0 aromatic rings. The minimum Gasteiger partial charge on any atom is -0.462 e. The van der Waals surface area contributed by atoms with Gasteiger partial charge in [0, 0.05) is 6.42 Å². The van der Waals surface area contributed by atoms with Crippen molar-refractivity contribution in [3.63, 3.8) is 0 Å². The maximum atomic E-state index is 13.2. The van der Waals surface area contributed by atoms with Gasteiger partial charge in [0.05, 0.1) is 25.2 Å². The van der Waals surface area contributed by atoms with E-state index in [2.05, 4.69) is 92.9 Å². The van der Waals surface area contributed by atoms with E-state index in [9.17, 15) is 19.8 Å². The molecule has 0 radical (unpaired) electrons. The minimum absolute atomic E-state index is 0.0446. The molecule has 0 saturated carbocycles. The summed E-state index contributed by atoms with van der Waals surface area (Å²) in [6.07, 6.45) is 63.8. The molecule has 0 bridgehead atoms. The Balaban J connectivity index is 4.70. The standard InChI is InChI=1S/C57H101NO5/c1-4-7-10-13-16-19-22-25-27-29-31-33-36-39-42-45-48-53(63-57(62)50-47-44-41-38-35-32-28-26-23-20-17-14-11-8-5-2)51-56(61)58-54(52-59)55(60)49-46-43-40-37-34-30-24-21-18-15-12-9-6-3/h16-17,19-20,22-23,25-27,29,31,33,53-55,59-60H,4-15,18,21,24,28,30,32,34-52H2,1-3H3,(H,58,61)/b19-16+,20-17+,25-22+,26-23+,29-27+,33-31+. The molecule has 3 N–H and O–H groups in total. The van der Waals surface area contributed by atoms with Crippen molar-refractivity contribution in [2.24, 2.45) is 0 Å². The summed E-state index contributed by atoms with van der Waals surface area (Å²) in [4.78, 5) is 26.2. The number of allylic oxidation sites excluding steroid dienone is 12. The van der Waals surface area contributed by atoms with E-state index in [0.717, 1.165) is 77.0 Å². The van der Waals surface area contributed by atoms with E-state index in [0.29, 0.717) is 19.3 Å². The molecule has 0 saturated heterocycles. The van der Waals surface area contributed by atoms with Crippen molar-refractivity contribution in [1.29, 1.82) is 0 Å². The van der Waals surface area contributed by atoms with Gasteiger partial charge in [-0.2, -0.15) is 0 Å². The minimum atomic E-state index is -0.803. The van der Waals surface area contributed by atoms with Crippen molar-refractivity contribution >= 4 is 11.9 Å². The van der Waals surface area contributed by atoms with Crippen LogP contribution in [0.25, 0.3) is 0 Å². The molecule has 0 spiro atoms. The molecule has 0 aliphatic carbocycles. The lowest BCUT2D eigenvalue weighted by atomic mass is 10.0. The SMILES string of the molecule is CCCCC/C=C/C=C/C=C/C=C/CCCCCC(CC(=O)NC(CO)C(O)CCCCCCCCCCCCCCC)OC(=O)CCCCCCCC/C=C/C=C/CCCCC. The molecule has 0 aromatic heterocycles. The summed E-state index contributed by atoms with van der Waals surface area (Å²) in [5, 5.41) is 23.8. The molecular weight excluding hydrogens is 779 g/mol. The van der Waals surface area contributed by atoms with Crippen LogP contribution in [-0.2, 0) is 14.3 Å². The second kappa shape index (κ2) is 50.3. The first-order chi connectivity index (χ1) is 31.0. The van der Waals surface area contributed by atoms with Crippen LogP contribution >= 0.6 is 0 Å². The maximum Gasteiger partial charge on any atom is 0.306 e. The third-order valence-corrected chi connectivity index (χ3v) is 11.9. The Morgan fingerprint density at radius 3 is 1.29 bits per heavy atom. The van der Waals surface area contributed by atoms with Gasteiger partial charge in [0.15, 0.2) is 0 Å². The third-order valence-electron chi connectivity index (χ3n) is 11.9. The predicted molar refractivity (Wildman–Crippen MR) is 273 cm³/mol. The van der Waals surface area contributed by atoms with Gasteiger partial charge in [-0.15, -0.1) is 0 Å². The van der Waals surface area contributed by atoms with Gasteiger partial charge in [-0.1, -0.05) is 235 Å². The van der Waals surface area contributed by atoms with Gasteiger partial charge in [0.2, 0.25) is 5.91 Å². The molecule has 0 aromatic carbocycles. The Bertz CT molecular complexity index is 1170. The molecule has 0 heterocycles. The third kappa shape index (κ3) is 45.7. The number of aliphatic hydroxyl groups excluding tert-OH is 2. The predicted octanol–water partition coefficient (Wildman–Crippen LogP) is 16.2. The number of aliphatic hydroxyl groups is 2. The second-order valence-electron chi connectivity index (χ2n) is 18.0. The lowest BCUT2D eigenvalue weighted by Crippen LogP contribution is -2.46. The van der Waals surface area contributed by atoms with Crippen molar-refractivity contribution in [3.8, 4) is 0 Å². The number of amides is 1. The van der Waals surface area contributed by atoms with E-state index in [1.165, 1.54) is 128 Å². The highest BCUT2D eigenvalue weighted by Crippen LogP contribution is 2.17. The number of hydrogen-bond donors (Lipinski definition) is 3. The fraction of sp³-hybridized carbons (Fsp3) is 0.754. The van der Waals surface area contributed by atoms with Crippen LogP contribution in [0.5, 0.6) is 0 Å². The van der Waals surface area contributed by atoms with Crippen molar-refractivity contribution in [2.45, 2.75) is 270 Å². The Labute approximate surface area is 390 Å². The first-order valence-corrected chi connectivity index (χ1v) is 26.7. The Hall–Kier alpha value is -2.70. The van der Waals surface area contributed by atoms with Gasteiger partial charge in [0.25, 0.3) is 0 Å². The molecule has 6 nitrogen and oxygen atoms in total. The number of nitrogens with one attached hydrogen (secondary N) is 1. The van der Waals surface area contributed by atoms with Crippen LogP contribution in [0.3, 0.4) is 0 Å². The van der Waals surface area contributed by atoms with Crippen molar-refractivity contribution < 1.29 is 24.5 Å². The average molecular weight is 880 g/mol. The number of hydrogen-bond acceptors (Lipinski definition) is 5. The monoisotopic (exact) mass is 880 g/mol. The highest BCUT2D eigenvalue weighted by Gasteiger charge is 2.24. The molecule has 0 aliphatic rings. The number of esters is 1. The van der Waals surface area contributed by atoms with Crippen LogP contribution in [0.1, 0.15) is 252 Å². The van der Waals surface area contributed by atoms with Crippen LogP contribution in [0.4, 0.5) is 0 Å². The van der Waals surface area contributed by atoms with E-state index >= 15 is 0 Å². The van der Waals surface area contributed by atoms with Crippen molar-refractivity contribution in [2.75, 3.05) is 6.61 Å². The Kier molecular flexibility index (Phi) is 48.1. The normalized spacial score (nSPS) is 13.8. The van der Waals surface area contributed by atoms with Crippen LogP contribution in [0.2, 0.25) is 0 Å². The Morgan fingerprint density at radius 2 is 0.810 bits per heavy atom. The first-order valence-electron chi connectivity index (χ1n) is 26.7. The number of rotatable bonds is 47. The van der Waals surface area contributed by atoms with Crippen LogP contribution in [-0.4, -0.2) is 46.9 Å². The largest absolute Gasteiger partial charge is 0.462 e. The van der Waals surface area contributed by atoms with E-state index in [4.69, 9.17) is 4.74 Å². The fourth-order valence-electron chi connectivity index (χ4n) is 7.79. The number of carbonyl (C=O) groups is 2. The molecule has 0 aliphatic heterocycles. The number of ether oxygens (including phenoxy) is 1. The zero-order valence-electron chi connectivity index (χ0n) is 41.4. The van der Waals surface area contributed by atoms with Gasteiger partial charge in [-0.25, -0.2) is 0 Å². The van der Waals surface area contributed by atoms with E-state index < -0.39 is 18.2 Å². The second-order valence-corrected chi connectivity index (χ2v) is 18.0. The van der Waals surface area contributed by atoms with Crippen molar-refractivity contribution in [3.05, 3.63) is 72.9 Å². The molecule has 63 heavy (non-hydrogen) atoms. The number of unbranched alkanes of at least 4 members (excludes halogenated alkanes) is 27. The maximum absolute atomic E-state index is 13.2. The van der Waals surface area contributed by atoms with E-state index in [1.807, 2.05) is 6.08 Å². The van der Waals surface area contributed by atoms with Gasteiger partial charge < -0.3 is 20.3 Å². The van der Waals surface area contributed by atoms with Crippen LogP contribution < -0.4 is 5.32 Å². The molecule has 0 rings (SSSR count). The summed E-state index contributed by atoms with van der Waals surface area (Å²) in [6, 6.07) is -0.720. The van der Waals surface area contributed by atoms with Gasteiger partial charge in [0.1, 0.15) is 6.10 Å². The quantitative estimate of drug-likeness (QED) is 0.0321. The lowest BCUT2D eigenvalue weighted by Gasteiger charge is -2.24. The molecule has 6 heteroatoms. The van der Waals surface area contributed by atoms with Gasteiger partial charge in [-0.3, -0.25) is 9.59 Å². The summed E-state index contributed by atoms with van der Waals surface area (Å²) in [5.41, 5.74) is 0. The topological polar surface area (TPSA) is 95.9 Å². The zero-order valence-corrected chi connectivity index (χ0v) is 41.4. The highest BCUT2D eigenvalue weighted by molar-refractivity contribution is 5.77. The molecule has 364 valence electrons. The molecule has 3 atom stereocenters. The van der Waals surface area contributed by atoms with Gasteiger partial charge in [-0.05, 0) is 77.0 Å². The summed E-state index contributed by atoms with van der Waals surface area (Å²) in [5.74, 6) is -0.526. The molecular formula is C57H101NO5. The van der Waals surface area contributed by atoms with E-state index in [-0.39, 0.29) is 24.9 Å². The summed E-state index contributed by atoms with van der Waals surface area (Å²) < 4.78 is 5.92. The highest BCUT2D eigenvalue weighted by atomic mass is 16.5. The van der Waals surface area contributed by atoms with E-state index in [1.54, 1.807) is 0 Å². The molecule has 3 unspecified atom stereocenters. The summed E-state index contributed by atoms with van der Waals surface area (Å²) >= 11 is 0. The average Bonchev–Trinajstić information content (AvgIpc) is 3.28. The molecule has 0 fully saturated rings. The van der Waals surface area contributed by atoms with Crippen LogP contribution in [0, 0.1) is 0 Å². The molecule has 1 amide bonds. The summed E-state index contributed by atoms with van der Waals surface area (Å²) in [7, 11) is 0. The smallest absolute Gasteiger partial charge is 0.306 e. The Morgan fingerprint density at radius 1 is 0.460 bits per heavy atom. The van der Waals surface area contributed by atoms with Gasteiger partial charge >= 0.3 is 5.97 Å². The fourth-order valence-corrected chi connectivity index (χ4v) is 7.79. The zero-order chi connectivity index (χ0) is 45.9. The number of carbonyl (C=O) groups excluding carboxylic acids is 2. The van der Waals surface area contributed by atoms with Crippen LogP contribution in [0.15, 0.2) is 72.9 Å².